The number of fused-ring (bicyclic) bond motifs is 1. The van der Waals surface area contributed by atoms with Crippen molar-refractivity contribution < 1.29 is 9.90 Å². The largest absolute Gasteiger partial charge is 0.508 e. The third-order valence-corrected chi connectivity index (χ3v) is 4.49. The second kappa shape index (κ2) is 6.22. The molecule has 0 radical (unpaired) electrons. The number of carbonyl (C=O) groups is 1. The number of nitrogens with one attached hydrogen (secondary N) is 1. The molecular weight excluding hydrogens is 274 g/mol. The summed E-state index contributed by atoms with van der Waals surface area (Å²) in [5, 5.41) is 12.8. The Morgan fingerprint density at radius 3 is 2.64 bits per heavy atom. The van der Waals surface area contributed by atoms with Crippen LogP contribution in [0.25, 0.3) is 0 Å². The Morgan fingerprint density at radius 2 is 1.91 bits per heavy atom. The molecule has 0 amide bonds. The number of phenols is 1. The maximum absolute atomic E-state index is 12.8. The number of Topliss-reactive ketones (excluding diaryl/α,β-unsaturated/α-hetero) is 1. The first kappa shape index (κ1) is 14.6. The fourth-order valence-corrected chi connectivity index (χ4v) is 3.26. The van der Waals surface area contributed by atoms with Gasteiger partial charge in [-0.3, -0.25) is 4.79 Å². The minimum atomic E-state index is 0.00806. The number of benzene rings is 2. The number of hydrogen-bond donors (Lipinski definition) is 2. The Labute approximate surface area is 131 Å². The maximum Gasteiger partial charge on any atom is 0.168 e. The van der Waals surface area contributed by atoms with E-state index in [9.17, 15) is 9.90 Å². The summed E-state index contributed by atoms with van der Waals surface area (Å²) in [4.78, 5) is 12.8. The number of aromatic hydroxyl groups is 1. The fourth-order valence-electron chi connectivity index (χ4n) is 3.26. The van der Waals surface area contributed by atoms with Crippen molar-refractivity contribution in [1.29, 1.82) is 0 Å². The van der Waals surface area contributed by atoms with Crippen LogP contribution in [0.2, 0.25) is 0 Å². The zero-order chi connectivity index (χ0) is 15.5. The number of rotatable bonds is 4. The third-order valence-electron chi connectivity index (χ3n) is 4.49. The Kier molecular flexibility index (Phi) is 4.14. The van der Waals surface area contributed by atoms with Crippen molar-refractivity contribution in [3.8, 4) is 5.75 Å². The van der Waals surface area contributed by atoms with E-state index in [0.717, 1.165) is 30.5 Å². The average molecular weight is 295 g/mol. The van der Waals surface area contributed by atoms with Gasteiger partial charge in [0.1, 0.15) is 5.75 Å². The molecular formula is C19H21NO2. The van der Waals surface area contributed by atoms with Gasteiger partial charge in [0, 0.05) is 23.2 Å². The van der Waals surface area contributed by atoms with Crippen LogP contribution in [0, 0.1) is 5.92 Å². The molecule has 2 N–H and O–H groups in total. The fraction of sp³-hybridized carbons (Fsp3) is 0.316. The van der Waals surface area contributed by atoms with Gasteiger partial charge < -0.3 is 10.4 Å². The summed E-state index contributed by atoms with van der Waals surface area (Å²) in [5.41, 5.74) is 2.99. The lowest BCUT2D eigenvalue weighted by Gasteiger charge is -2.31. The highest BCUT2D eigenvalue weighted by atomic mass is 16.3. The van der Waals surface area contributed by atoms with Gasteiger partial charge in [0.2, 0.25) is 0 Å². The Balaban J connectivity index is 1.79. The number of anilines is 1. The van der Waals surface area contributed by atoms with E-state index in [-0.39, 0.29) is 23.5 Å². The van der Waals surface area contributed by atoms with Gasteiger partial charge in [0.25, 0.3) is 0 Å². The Bertz CT molecular complexity index is 663. The molecule has 114 valence electrons. The van der Waals surface area contributed by atoms with E-state index in [4.69, 9.17) is 0 Å². The van der Waals surface area contributed by atoms with Crippen LogP contribution in [-0.2, 0) is 6.42 Å². The molecule has 2 aromatic rings. The lowest BCUT2D eigenvalue weighted by Crippen LogP contribution is -2.37. The predicted octanol–water partition coefficient (Wildman–Crippen LogP) is 4.03. The first-order chi connectivity index (χ1) is 10.7. The molecule has 1 aliphatic rings. The van der Waals surface area contributed by atoms with E-state index >= 15 is 0 Å². The van der Waals surface area contributed by atoms with Crippen LogP contribution in [0.15, 0.2) is 48.5 Å². The van der Waals surface area contributed by atoms with E-state index in [1.165, 1.54) is 5.56 Å². The molecule has 2 unspecified atom stereocenters. The normalized spacial score (nSPS) is 18.6. The lowest BCUT2D eigenvalue weighted by molar-refractivity contribution is 0.0885. The minimum absolute atomic E-state index is 0.00806. The van der Waals surface area contributed by atoms with Crippen molar-refractivity contribution in [2.75, 3.05) is 5.32 Å². The van der Waals surface area contributed by atoms with E-state index in [2.05, 4.69) is 18.3 Å². The summed E-state index contributed by atoms with van der Waals surface area (Å²) in [6.45, 7) is 2.10. The van der Waals surface area contributed by atoms with E-state index in [1.54, 1.807) is 12.1 Å². The van der Waals surface area contributed by atoms with E-state index < -0.39 is 0 Å². The number of ketones is 1. The van der Waals surface area contributed by atoms with Gasteiger partial charge in [0.15, 0.2) is 5.78 Å². The summed E-state index contributed by atoms with van der Waals surface area (Å²) in [6, 6.07) is 15.1. The van der Waals surface area contributed by atoms with Gasteiger partial charge in [0.05, 0.1) is 0 Å². The van der Waals surface area contributed by atoms with Crippen molar-refractivity contribution in [1.82, 2.24) is 0 Å². The zero-order valence-corrected chi connectivity index (χ0v) is 12.8. The monoisotopic (exact) mass is 295 g/mol. The van der Waals surface area contributed by atoms with Gasteiger partial charge >= 0.3 is 0 Å². The highest BCUT2D eigenvalue weighted by molar-refractivity contribution is 6.00. The molecule has 0 saturated carbocycles. The molecule has 0 spiro atoms. The standard InChI is InChI=1S/C19H21NO2/c1-2-18(20-14-8-10-15(21)11-9-14)17-12-7-13-5-3-4-6-16(13)19(17)22/h3-6,8-11,17-18,20-21H,2,7,12H2,1H3. The molecule has 3 heteroatoms. The summed E-state index contributed by atoms with van der Waals surface area (Å²) in [6.07, 6.45) is 2.74. The molecule has 1 aliphatic carbocycles. The first-order valence-corrected chi connectivity index (χ1v) is 7.86. The molecule has 2 atom stereocenters. The number of hydrogen-bond acceptors (Lipinski definition) is 3. The summed E-state index contributed by atoms with van der Waals surface area (Å²) in [5.74, 6) is 0.509. The molecule has 0 bridgehead atoms. The van der Waals surface area contributed by atoms with Crippen molar-refractivity contribution in [2.24, 2.45) is 5.92 Å². The zero-order valence-electron chi connectivity index (χ0n) is 12.8. The van der Waals surface area contributed by atoms with Crippen LogP contribution in [0.1, 0.15) is 35.7 Å². The van der Waals surface area contributed by atoms with Crippen LogP contribution in [0.3, 0.4) is 0 Å². The third kappa shape index (κ3) is 2.84. The topological polar surface area (TPSA) is 49.3 Å². The maximum atomic E-state index is 12.8. The minimum Gasteiger partial charge on any atom is -0.508 e. The smallest absolute Gasteiger partial charge is 0.168 e. The van der Waals surface area contributed by atoms with Gasteiger partial charge in [-0.05, 0) is 49.1 Å². The molecule has 2 aromatic carbocycles. The summed E-state index contributed by atoms with van der Waals surface area (Å²) < 4.78 is 0. The first-order valence-electron chi connectivity index (χ1n) is 7.86. The molecule has 0 fully saturated rings. The Morgan fingerprint density at radius 1 is 1.18 bits per heavy atom. The number of phenolic OH excluding ortho intramolecular Hbond substituents is 1. The van der Waals surface area contributed by atoms with Crippen molar-refractivity contribution in [3.05, 3.63) is 59.7 Å². The number of aryl methyl sites for hydroxylation is 1. The number of carbonyl (C=O) groups excluding carboxylic acids is 1. The van der Waals surface area contributed by atoms with E-state index in [1.807, 2.05) is 30.3 Å². The molecule has 3 rings (SSSR count). The second-order valence-corrected chi connectivity index (χ2v) is 5.87. The summed E-state index contributed by atoms with van der Waals surface area (Å²) in [7, 11) is 0. The van der Waals surface area contributed by atoms with Gasteiger partial charge in [-0.2, -0.15) is 0 Å². The highest BCUT2D eigenvalue weighted by Gasteiger charge is 2.32. The highest BCUT2D eigenvalue weighted by Crippen LogP contribution is 2.30. The Hall–Kier alpha value is -2.29. The van der Waals surface area contributed by atoms with Crippen LogP contribution in [0.5, 0.6) is 5.75 Å². The van der Waals surface area contributed by atoms with Crippen molar-refractivity contribution >= 4 is 11.5 Å². The van der Waals surface area contributed by atoms with Crippen molar-refractivity contribution in [3.63, 3.8) is 0 Å². The quantitative estimate of drug-likeness (QED) is 0.837. The molecule has 3 nitrogen and oxygen atoms in total. The van der Waals surface area contributed by atoms with Gasteiger partial charge in [-0.15, -0.1) is 0 Å². The summed E-state index contributed by atoms with van der Waals surface area (Å²) >= 11 is 0. The molecule has 0 aliphatic heterocycles. The molecule has 22 heavy (non-hydrogen) atoms. The van der Waals surface area contributed by atoms with Crippen molar-refractivity contribution in [2.45, 2.75) is 32.2 Å². The van der Waals surface area contributed by atoms with Crippen LogP contribution >= 0.6 is 0 Å². The van der Waals surface area contributed by atoms with E-state index in [0.29, 0.717) is 0 Å². The van der Waals surface area contributed by atoms with Crippen LogP contribution in [0.4, 0.5) is 5.69 Å². The van der Waals surface area contributed by atoms with Gasteiger partial charge in [-0.25, -0.2) is 0 Å². The van der Waals surface area contributed by atoms with Crippen LogP contribution in [-0.4, -0.2) is 16.9 Å². The average Bonchev–Trinajstić information content (AvgIpc) is 2.55. The second-order valence-electron chi connectivity index (χ2n) is 5.87. The predicted molar refractivity (Wildman–Crippen MR) is 88.4 cm³/mol. The molecule has 0 saturated heterocycles. The van der Waals surface area contributed by atoms with Gasteiger partial charge in [-0.1, -0.05) is 31.2 Å². The lowest BCUT2D eigenvalue weighted by atomic mass is 9.78. The van der Waals surface area contributed by atoms with Crippen LogP contribution < -0.4 is 5.32 Å². The molecule has 0 heterocycles. The molecule has 0 aromatic heterocycles. The SMILES string of the molecule is CCC(Nc1ccc(O)cc1)C1CCc2ccccc2C1=O.